The molecule has 0 bridgehead atoms. The Kier molecular flexibility index (Phi) is 7.50. The van der Waals surface area contributed by atoms with Gasteiger partial charge in [-0.1, -0.05) is 39.8 Å². The van der Waals surface area contributed by atoms with Crippen molar-refractivity contribution in [2.24, 2.45) is 11.8 Å². The van der Waals surface area contributed by atoms with Gasteiger partial charge in [-0.05, 0) is 35.6 Å². The zero-order valence-corrected chi connectivity index (χ0v) is 14.3. The van der Waals surface area contributed by atoms with Crippen LogP contribution in [-0.4, -0.2) is 31.1 Å². The highest BCUT2D eigenvalue weighted by molar-refractivity contribution is 5.76. The number of methoxy groups -OCH3 is 1. The highest BCUT2D eigenvalue weighted by atomic mass is 16.5. The molecule has 0 aromatic heterocycles. The molecule has 4 heteroatoms. The number of ether oxygens (including phenoxy) is 1. The minimum Gasteiger partial charge on any atom is -0.497 e. The quantitative estimate of drug-likeness (QED) is 0.827. The Bertz CT molecular complexity index is 486. The molecule has 2 amide bonds. The van der Waals surface area contributed by atoms with Gasteiger partial charge in [0.25, 0.3) is 0 Å². The van der Waals surface area contributed by atoms with Gasteiger partial charge in [-0.3, -0.25) is 0 Å². The van der Waals surface area contributed by atoms with Crippen LogP contribution in [0.3, 0.4) is 0 Å². The lowest BCUT2D eigenvalue weighted by molar-refractivity contribution is 0.187. The van der Waals surface area contributed by atoms with Gasteiger partial charge in [0.05, 0.1) is 7.11 Å². The van der Waals surface area contributed by atoms with E-state index < -0.39 is 0 Å². The van der Waals surface area contributed by atoms with Crippen LogP contribution in [0.15, 0.2) is 30.5 Å². The lowest BCUT2D eigenvalue weighted by atomic mass is 10.1. The summed E-state index contributed by atoms with van der Waals surface area (Å²) in [5.74, 6) is 1.70. The van der Waals surface area contributed by atoms with Crippen LogP contribution < -0.4 is 10.1 Å². The molecular formula is C18H28N2O2. The van der Waals surface area contributed by atoms with Crippen molar-refractivity contribution in [2.45, 2.75) is 27.7 Å². The molecule has 1 aromatic carbocycles. The van der Waals surface area contributed by atoms with Crippen molar-refractivity contribution in [3.8, 4) is 5.75 Å². The molecule has 0 saturated heterocycles. The zero-order valence-electron chi connectivity index (χ0n) is 14.3. The summed E-state index contributed by atoms with van der Waals surface area (Å²) in [4.78, 5) is 14.1. The van der Waals surface area contributed by atoms with Gasteiger partial charge in [-0.2, -0.15) is 0 Å². The van der Waals surface area contributed by atoms with Gasteiger partial charge in [0.2, 0.25) is 0 Å². The number of carbonyl (C=O) groups is 1. The minimum absolute atomic E-state index is 0.0541. The van der Waals surface area contributed by atoms with Crippen molar-refractivity contribution in [3.63, 3.8) is 0 Å². The number of nitrogens with zero attached hydrogens (tertiary/aromatic N) is 1. The van der Waals surface area contributed by atoms with Crippen LogP contribution in [0.4, 0.5) is 4.79 Å². The minimum atomic E-state index is -0.0541. The first kappa shape index (κ1) is 18.1. The van der Waals surface area contributed by atoms with Crippen molar-refractivity contribution in [1.82, 2.24) is 10.2 Å². The van der Waals surface area contributed by atoms with Crippen molar-refractivity contribution < 1.29 is 9.53 Å². The monoisotopic (exact) mass is 304 g/mol. The normalized spacial score (nSPS) is 11.2. The third kappa shape index (κ3) is 6.66. The zero-order chi connectivity index (χ0) is 16.5. The van der Waals surface area contributed by atoms with Crippen LogP contribution in [-0.2, 0) is 0 Å². The van der Waals surface area contributed by atoms with Crippen LogP contribution in [0.5, 0.6) is 5.75 Å². The van der Waals surface area contributed by atoms with Crippen LogP contribution in [0.2, 0.25) is 0 Å². The Hall–Kier alpha value is -1.97. The summed E-state index contributed by atoms with van der Waals surface area (Å²) in [7, 11) is 1.64. The van der Waals surface area contributed by atoms with Gasteiger partial charge in [-0.25, -0.2) is 4.79 Å². The van der Waals surface area contributed by atoms with E-state index in [0.29, 0.717) is 11.8 Å². The summed E-state index contributed by atoms with van der Waals surface area (Å²) >= 11 is 0. The highest BCUT2D eigenvalue weighted by Gasteiger charge is 2.14. The molecule has 1 aromatic rings. The summed E-state index contributed by atoms with van der Waals surface area (Å²) in [5.41, 5.74) is 0.985. The number of hydrogen-bond acceptors (Lipinski definition) is 2. The molecule has 0 aliphatic carbocycles. The summed E-state index contributed by atoms with van der Waals surface area (Å²) in [6.07, 6.45) is 3.55. The SMILES string of the molecule is COc1cccc(/C=C/NC(=O)N(CC(C)C)CC(C)C)c1. The molecule has 0 aliphatic rings. The Labute approximate surface area is 134 Å². The second-order valence-electron chi connectivity index (χ2n) is 6.25. The molecule has 1 N–H and O–H groups in total. The topological polar surface area (TPSA) is 41.6 Å². The molecule has 122 valence electrons. The third-order valence-electron chi connectivity index (χ3n) is 3.03. The van der Waals surface area contributed by atoms with Crippen molar-refractivity contribution >= 4 is 12.1 Å². The predicted molar refractivity (Wildman–Crippen MR) is 91.8 cm³/mol. The average molecular weight is 304 g/mol. The highest BCUT2D eigenvalue weighted by Crippen LogP contribution is 2.13. The molecule has 0 spiro atoms. The van der Waals surface area contributed by atoms with E-state index in [9.17, 15) is 4.79 Å². The summed E-state index contributed by atoms with van der Waals surface area (Å²) in [5, 5.41) is 2.85. The maximum Gasteiger partial charge on any atom is 0.321 e. The molecule has 22 heavy (non-hydrogen) atoms. The van der Waals surface area contributed by atoms with Crippen molar-refractivity contribution in [3.05, 3.63) is 36.0 Å². The van der Waals surface area contributed by atoms with Gasteiger partial charge in [0, 0.05) is 19.3 Å². The van der Waals surface area contributed by atoms with Gasteiger partial charge >= 0.3 is 6.03 Å². The molecule has 0 radical (unpaired) electrons. The van der Waals surface area contributed by atoms with Gasteiger partial charge in [0.15, 0.2) is 0 Å². The van der Waals surface area contributed by atoms with E-state index >= 15 is 0 Å². The van der Waals surface area contributed by atoms with Crippen molar-refractivity contribution in [2.75, 3.05) is 20.2 Å². The van der Waals surface area contributed by atoms with E-state index in [1.165, 1.54) is 0 Å². The van der Waals surface area contributed by atoms with E-state index in [-0.39, 0.29) is 6.03 Å². The average Bonchev–Trinajstić information content (AvgIpc) is 2.45. The first-order valence-electron chi connectivity index (χ1n) is 7.78. The first-order valence-corrected chi connectivity index (χ1v) is 7.78. The second-order valence-corrected chi connectivity index (χ2v) is 6.25. The smallest absolute Gasteiger partial charge is 0.321 e. The van der Waals surface area contributed by atoms with Gasteiger partial charge in [-0.15, -0.1) is 0 Å². The number of amides is 2. The molecule has 1 rings (SSSR count). The lowest BCUT2D eigenvalue weighted by Gasteiger charge is -2.25. The summed E-state index contributed by atoms with van der Waals surface area (Å²) in [6, 6.07) is 7.64. The molecule has 0 heterocycles. The molecule has 0 aliphatic heterocycles. The van der Waals surface area contributed by atoms with E-state index in [2.05, 4.69) is 33.0 Å². The van der Waals surface area contributed by atoms with Crippen LogP contribution in [0.1, 0.15) is 33.3 Å². The number of hydrogen-bond donors (Lipinski definition) is 1. The number of carbonyl (C=O) groups excluding carboxylic acids is 1. The fourth-order valence-electron chi connectivity index (χ4n) is 2.17. The molecule has 4 nitrogen and oxygen atoms in total. The predicted octanol–water partition coefficient (Wildman–Crippen LogP) is 3.99. The Morgan fingerprint density at radius 2 is 1.86 bits per heavy atom. The second kappa shape index (κ2) is 9.13. The number of urea groups is 1. The Balaban J connectivity index is 2.62. The molecular weight excluding hydrogens is 276 g/mol. The largest absolute Gasteiger partial charge is 0.497 e. The lowest BCUT2D eigenvalue weighted by Crippen LogP contribution is -2.41. The summed E-state index contributed by atoms with van der Waals surface area (Å²) < 4.78 is 5.18. The van der Waals surface area contributed by atoms with E-state index in [1.54, 1.807) is 13.3 Å². The van der Waals surface area contributed by atoms with E-state index in [0.717, 1.165) is 24.4 Å². The fraction of sp³-hybridized carbons (Fsp3) is 0.500. The maximum atomic E-state index is 12.3. The van der Waals surface area contributed by atoms with Gasteiger partial charge < -0.3 is 15.0 Å². The van der Waals surface area contributed by atoms with Crippen LogP contribution >= 0.6 is 0 Å². The van der Waals surface area contributed by atoms with Gasteiger partial charge in [0.1, 0.15) is 5.75 Å². The first-order chi connectivity index (χ1) is 10.4. The standard InChI is InChI=1S/C18H28N2O2/c1-14(2)12-20(13-15(3)4)18(21)19-10-9-16-7-6-8-17(11-16)22-5/h6-11,14-15H,12-13H2,1-5H3,(H,19,21)/b10-9+. The number of rotatable bonds is 7. The molecule has 0 saturated carbocycles. The molecule has 0 unspecified atom stereocenters. The van der Waals surface area contributed by atoms with Crippen molar-refractivity contribution in [1.29, 1.82) is 0 Å². The summed E-state index contributed by atoms with van der Waals surface area (Å²) in [6.45, 7) is 9.99. The Morgan fingerprint density at radius 1 is 1.23 bits per heavy atom. The third-order valence-corrected chi connectivity index (χ3v) is 3.03. The van der Waals surface area contributed by atoms with E-state index in [1.807, 2.05) is 35.2 Å². The molecule has 0 atom stereocenters. The fourth-order valence-corrected chi connectivity index (χ4v) is 2.17. The van der Waals surface area contributed by atoms with Crippen LogP contribution in [0, 0.1) is 11.8 Å². The maximum absolute atomic E-state index is 12.3. The Morgan fingerprint density at radius 3 is 2.41 bits per heavy atom. The number of nitrogens with one attached hydrogen (secondary N) is 1. The number of benzene rings is 1. The molecule has 0 fully saturated rings. The van der Waals surface area contributed by atoms with E-state index in [4.69, 9.17) is 4.74 Å². The van der Waals surface area contributed by atoms with Crippen LogP contribution in [0.25, 0.3) is 6.08 Å².